The lowest BCUT2D eigenvalue weighted by Gasteiger charge is -2.34. The molecule has 29 heavy (non-hydrogen) atoms. The number of nitrogens with one attached hydrogen (secondary N) is 2. The van der Waals surface area contributed by atoms with Crippen molar-refractivity contribution in [3.8, 4) is 5.75 Å². The molecule has 1 aromatic carbocycles. The number of likely N-dealkylation sites (N-methyl/N-ethyl adjacent to an activating group) is 1. The van der Waals surface area contributed by atoms with E-state index < -0.39 is 0 Å². The zero-order valence-corrected chi connectivity index (χ0v) is 21.1. The number of halogens is 2. The van der Waals surface area contributed by atoms with E-state index in [1.807, 2.05) is 25.2 Å². The van der Waals surface area contributed by atoms with Crippen LogP contribution in [0.1, 0.15) is 25.3 Å². The lowest BCUT2D eigenvalue weighted by Crippen LogP contribution is -2.46. The second-order valence-corrected chi connectivity index (χ2v) is 7.52. The Labute approximate surface area is 198 Å². The van der Waals surface area contributed by atoms with E-state index in [0.29, 0.717) is 0 Å². The molecule has 1 heterocycles. The summed E-state index contributed by atoms with van der Waals surface area (Å²) in [7, 11) is 3.46. The van der Waals surface area contributed by atoms with E-state index in [2.05, 4.69) is 32.3 Å². The summed E-state index contributed by atoms with van der Waals surface area (Å²) < 4.78 is 5.19. The van der Waals surface area contributed by atoms with Crippen LogP contribution in [0.3, 0.4) is 0 Å². The third kappa shape index (κ3) is 9.72. The van der Waals surface area contributed by atoms with E-state index in [4.69, 9.17) is 16.3 Å². The van der Waals surface area contributed by atoms with Crippen molar-refractivity contribution in [2.45, 2.75) is 26.2 Å². The third-order valence-electron chi connectivity index (χ3n) is 5.28. The minimum atomic E-state index is 0. The number of guanidine groups is 1. The number of hydrogen-bond acceptors (Lipinski definition) is 4. The molecule has 1 aliphatic heterocycles. The van der Waals surface area contributed by atoms with Crippen molar-refractivity contribution in [1.82, 2.24) is 20.4 Å². The van der Waals surface area contributed by atoms with Gasteiger partial charge in [-0.1, -0.05) is 24.6 Å². The highest BCUT2D eigenvalue weighted by Crippen LogP contribution is 2.22. The average molecular weight is 538 g/mol. The zero-order valence-electron chi connectivity index (χ0n) is 18.0. The third-order valence-corrected chi connectivity index (χ3v) is 5.63. The molecule has 2 N–H and O–H groups in total. The van der Waals surface area contributed by atoms with Crippen molar-refractivity contribution < 1.29 is 4.74 Å². The number of hydrogen-bond donors (Lipinski definition) is 2. The smallest absolute Gasteiger partial charge is 0.190 e. The number of methoxy groups -OCH3 is 1. The number of piperazine rings is 1. The number of rotatable bonds is 10. The lowest BCUT2D eigenvalue weighted by atomic mass is 10.1. The van der Waals surface area contributed by atoms with Crippen molar-refractivity contribution in [3.05, 3.63) is 28.8 Å². The molecule has 2 rings (SSSR count). The first-order chi connectivity index (χ1) is 13.7. The Morgan fingerprint density at radius 3 is 2.41 bits per heavy atom. The van der Waals surface area contributed by atoms with E-state index in [0.717, 1.165) is 48.2 Å². The van der Waals surface area contributed by atoms with Crippen molar-refractivity contribution in [1.29, 1.82) is 0 Å². The van der Waals surface area contributed by atoms with Gasteiger partial charge in [-0.3, -0.25) is 4.99 Å². The van der Waals surface area contributed by atoms with E-state index >= 15 is 0 Å². The highest BCUT2D eigenvalue weighted by Gasteiger charge is 2.14. The van der Waals surface area contributed by atoms with E-state index in [1.165, 1.54) is 45.7 Å². The fourth-order valence-corrected chi connectivity index (χ4v) is 3.66. The van der Waals surface area contributed by atoms with E-state index in [1.54, 1.807) is 7.11 Å². The molecule has 1 saturated heterocycles. The molecule has 0 saturated carbocycles. The van der Waals surface area contributed by atoms with Crippen molar-refractivity contribution in [2.75, 3.05) is 66.5 Å². The summed E-state index contributed by atoms with van der Waals surface area (Å²) >= 11 is 6.30. The first kappa shape index (κ1) is 26.3. The summed E-state index contributed by atoms with van der Waals surface area (Å²) in [5.74, 6) is 1.63. The van der Waals surface area contributed by atoms with E-state index in [9.17, 15) is 0 Å². The predicted molar refractivity (Wildman–Crippen MR) is 134 cm³/mol. The van der Waals surface area contributed by atoms with Gasteiger partial charge in [0.05, 0.1) is 7.11 Å². The van der Waals surface area contributed by atoms with Crippen molar-refractivity contribution in [2.24, 2.45) is 4.99 Å². The van der Waals surface area contributed by atoms with Gasteiger partial charge in [0, 0.05) is 51.3 Å². The first-order valence-electron chi connectivity index (χ1n) is 10.4. The molecule has 8 heteroatoms. The summed E-state index contributed by atoms with van der Waals surface area (Å²) in [6.07, 6.45) is 3.21. The first-order valence-corrected chi connectivity index (χ1v) is 10.8. The molecule has 1 aromatic rings. The standard InChI is InChI=1S/C21H36ClN5O.HI/c1-4-26-13-15-27(16-14-26)12-6-5-10-24-21(23-2)25-11-9-18-7-8-19(28-3)17-20(18)22;/h7-8,17H,4-6,9-16H2,1-3H3,(H2,23,24,25);1H. The second-order valence-electron chi connectivity index (χ2n) is 7.12. The Morgan fingerprint density at radius 2 is 1.79 bits per heavy atom. The highest BCUT2D eigenvalue weighted by molar-refractivity contribution is 14.0. The number of nitrogens with zero attached hydrogens (tertiary/aromatic N) is 3. The van der Waals surface area contributed by atoms with Crippen LogP contribution in [-0.4, -0.2) is 82.3 Å². The minimum absolute atomic E-state index is 0. The van der Waals surface area contributed by atoms with Crippen LogP contribution < -0.4 is 15.4 Å². The van der Waals surface area contributed by atoms with Crippen LogP contribution in [0.2, 0.25) is 5.02 Å². The van der Waals surface area contributed by atoms with Crippen LogP contribution in [0.25, 0.3) is 0 Å². The topological polar surface area (TPSA) is 52.1 Å². The maximum absolute atomic E-state index is 6.30. The number of aliphatic imine (C=N–C) groups is 1. The van der Waals surface area contributed by atoms with Gasteiger partial charge in [0.25, 0.3) is 0 Å². The van der Waals surface area contributed by atoms with Crippen LogP contribution in [0.4, 0.5) is 0 Å². The molecular formula is C21H37ClIN5O. The minimum Gasteiger partial charge on any atom is -0.497 e. The maximum atomic E-state index is 6.30. The molecule has 0 atom stereocenters. The maximum Gasteiger partial charge on any atom is 0.190 e. The van der Waals surface area contributed by atoms with Gasteiger partial charge in [-0.25, -0.2) is 0 Å². The fourth-order valence-electron chi connectivity index (χ4n) is 3.39. The molecular weight excluding hydrogens is 501 g/mol. The van der Waals surface area contributed by atoms with Gasteiger partial charge < -0.3 is 25.2 Å². The molecule has 1 aliphatic rings. The molecule has 0 unspecified atom stereocenters. The molecule has 0 spiro atoms. The number of ether oxygens (including phenoxy) is 1. The molecule has 6 nitrogen and oxygen atoms in total. The largest absolute Gasteiger partial charge is 0.497 e. The number of unbranched alkanes of at least 4 members (excludes halogenated alkanes) is 1. The van der Waals surface area contributed by atoms with E-state index in [-0.39, 0.29) is 24.0 Å². The van der Waals surface area contributed by atoms with Gasteiger partial charge in [-0.2, -0.15) is 0 Å². The Bertz CT molecular complexity index is 609. The van der Waals surface area contributed by atoms with Gasteiger partial charge in [0.15, 0.2) is 5.96 Å². The average Bonchev–Trinajstić information content (AvgIpc) is 2.73. The summed E-state index contributed by atoms with van der Waals surface area (Å²) in [5, 5.41) is 7.50. The van der Waals surface area contributed by atoms with Crippen molar-refractivity contribution >= 4 is 41.5 Å². The van der Waals surface area contributed by atoms with Crippen LogP contribution >= 0.6 is 35.6 Å². The molecule has 0 radical (unpaired) electrons. The summed E-state index contributed by atoms with van der Waals surface area (Å²) in [6.45, 7) is 11.2. The Hall–Kier alpha value is -0.770. The molecule has 0 amide bonds. The van der Waals surface area contributed by atoms with Gasteiger partial charge in [-0.05, 0) is 50.0 Å². The normalized spacial score (nSPS) is 15.7. The fraction of sp³-hybridized carbons (Fsp3) is 0.667. The molecule has 166 valence electrons. The zero-order chi connectivity index (χ0) is 20.2. The molecule has 1 fully saturated rings. The second kappa shape index (κ2) is 15.1. The van der Waals surface area contributed by atoms with Crippen molar-refractivity contribution in [3.63, 3.8) is 0 Å². The van der Waals surface area contributed by atoms with Gasteiger partial charge >= 0.3 is 0 Å². The highest BCUT2D eigenvalue weighted by atomic mass is 127. The predicted octanol–water partition coefficient (Wildman–Crippen LogP) is 3.09. The monoisotopic (exact) mass is 537 g/mol. The lowest BCUT2D eigenvalue weighted by molar-refractivity contribution is 0.136. The van der Waals surface area contributed by atoms with Gasteiger partial charge in [0.1, 0.15) is 5.75 Å². The van der Waals surface area contributed by atoms with Gasteiger partial charge in [-0.15, -0.1) is 24.0 Å². The molecule has 0 aliphatic carbocycles. The molecule has 0 bridgehead atoms. The summed E-state index contributed by atoms with van der Waals surface area (Å²) in [5.41, 5.74) is 1.11. The SMILES string of the molecule is CCN1CCN(CCCCNC(=NC)NCCc2ccc(OC)cc2Cl)CC1.I. The van der Waals surface area contributed by atoms with Crippen LogP contribution in [0.5, 0.6) is 5.75 Å². The number of benzene rings is 1. The van der Waals surface area contributed by atoms with Crippen LogP contribution in [-0.2, 0) is 6.42 Å². The Kier molecular flexibility index (Phi) is 13.7. The molecule has 0 aromatic heterocycles. The summed E-state index contributed by atoms with van der Waals surface area (Å²) in [6, 6.07) is 5.81. The Balaban J connectivity index is 0.00000420. The Morgan fingerprint density at radius 1 is 1.10 bits per heavy atom. The quantitative estimate of drug-likeness (QED) is 0.208. The summed E-state index contributed by atoms with van der Waals surface area (Å²) in [4.78, 5) is 9.40. The van der Waals surface area contributed by atoms with Crippen LogP contribution in [0.15, 0.2) is 23.2 Å². The van der Waals surface area contributed by atoms with Gasteiger partial charge in [0.2, 0.25) is 0 Å². The van der Waals surface area contributed by atoms with Crippen LogP contribution in [0, 0.1) is 0 Å².